The number of rotatable bonds is 5. The highest BCUT2D eigenvalue weighted by Crippen LogP contribution is 2.26. The fraction of sp³-hybridized carbons (Fsp3) is 0.267. The van der Waals surface area contributed by atoms with Crippen molar-refractivity contribution < 1.29 is 18.7 Å². The molecule has 1 aliphatic rings. The molecule has 26 heavy (non-hydrogen) atoms. The molecule has 0 unspecified atom stereocenters. The monoisotopic (exact) mass is 395 g/mol. The molecule has 2 heterocycles. The van der Waals surface area contributed by atoms with E-state index < -0.39 is 18.0 Å². The van der Waals surface area contributed by atoms with Crippen LogP contribution in [0.2, 0.25) is 0 Å². The summed E-state index contributed by atoms with van der Waals surface area (Å²) in [6, 6.07) is 4.27. The van der Waals surface area contributed by atoms with Crippen molar-refractivity contribution >= 4 is 52.1 Å². The highest BCUT2D eigenvalue weighted by molar-refractivity contribution is 7.81. The molecule has 0 aliphatic carbocycles. The van der Waals surface area contributed by atoms with Crippen molar-refractivity contribution in [1.82, 2.24) is 14.9 Å². The number of carbonyl (C=O) groups is 2. The summed E-state index contributed by atoms with van der Waals surface area (Å²) in [7, 11) is 0. The molecule has 8 nitrogen and oxygen atoms in total. The number of hydrogen-bond acceptors (Lipinski definition) is 7. The molecule has 2 aromatic rings. The largest absolute Gasteiger partial charge is 0.442 e. The Hall–Kier alpha value is -2.66. The number of benzene rings is 1. The first-order valence-electron chi connectivity index (χ1n) is 7.54. The fourth-order valence-corrected chi connectivity index (χ4v) is 3.05. The number of nitrogens with zero attached hydrogens (tertiary/aromatic N) is 3. The highest BCUT2D eigenvalue weighted by Gasteiger charge is 2.32. The van der Waals surface area contributed by atoms with Gasteiger partial charge >= 0.3 is 6.09 Å². The maximum Gasteiger partial charge on any atom is 0.414 e. The number of hydrogen-bond donors (Lipinski definition) is 2. The summed E-state index contributed by atoms with van der Waals surface area (Å²) < 4.78 is 23.3. The van der Waals surface area contributed by atoms with Crippen LogP contribution in [0.25, 0.3) is 0 Å². The van der Waals surface area contributed by atoms with Crippen molar-refractivity contribution in [3.8, 4) is 0 Å². The van der Waals surface area contributed by atoms with Gasteiger partial charge in [-0.3, -0.25) is 9.69 Å². The van der Waals surface area contributed by atoms with Crippen molar-refractivity contribution in [2.24, 2.45) is 0 Å². The van der Waals surface area contributed by atoms with Crippen LogP contribution >= 0.6 is 23.8 Å². The van der Waals surface area contributed by atoms with Gasteiger partial charge in [-0.1, -0.05) is 16.7 Å². The first-order chi connectivity index (χ1) is 12.4. The van der Waals surface area contributed by atoms with E-state index in [2.05, 4.69) is 20.2 Å². The quantitative estimate of drug-likeness (QED) is 0.747. The number of anilines is 2. The first-order valence-corrected chi connectivity index (χ1v) is 8.79. The number of ether oxygens (including phenoxy) is 1. The Balaban J connectivity index is 1.68. The maximum absolute atomic E-state index is 14.4. The van der Waals surface area contributed by atoms with Gasteiger partial charge in [-0.15, -0.1) is 5.10 Å². The molecule has 0 spiro atoms. The van der Waals surface area contributed by atoms with Crippen molar-refractivity contribution in [2.75, 3.05) is 23.3 Å². The van der Waals surface area contributed by atoms with E-state index in [1.807, 2.05) is 0 Å². The van der Waals surface area contributed by atoms with Gasteiger partial charge in [-0.2, -0.15) is 0 Å². The molecule has 1 atom stereocenters. The Morgan fingerprint density at radius 3 is 3.00 bits per heavy atom. The van der Waals surface area contributed by atoms with Crippen LogP contribution in [0.3, 0.4) is 0 Å². The second kappa shape index (κ2) is 7.70. The van der Waals surface area contributed by atoms with Crippen LogP contribution in [-0.4, -0.2) is 45.8 Å². The van der Waals surface area contributed by atoms with Gasteiger partial charge in [0.2, 0.25) is 5.91 Å². The molecule has 0 bridgehead atoms. The molecule has 2 N–H and O–H groups in total. The van der Waals surface area contributed by atoms with Crippen LogP contribution in [0.15, 0.2) is 23.6 Å². The predicted molar refractivity (Wildman–Crippen MR) is 97.9 cm³/mol. The molecule has 1 aromatic heterocycles. The lowest BCUT2D eigenvalue weighted by Crippen LogP contribution is -2.33. The summed E-state index contributed by atoms with van der Waals surface area (Å²) in [5.74, 6) is -0.793. The van der Waals surface area contributed by atoms with Crippen LogP contribution in [-0.2, 0) is 9.53 Å². The van der Waals surface area contributed by atoms with Gasteiger partial charge in [0.1, 0.15) is 22.6 Å². The fourth-order valence-electron chi connectivity index (χ4n) is 2.32. The van der Waals surface area contributed by atoms with Crippen molar-refractivity contribution in [2.45, 2.75) is 13.0 Å². The van der Waals surface area contributed by atoms with Gasteiger partial charge < -0.3 is 15.4 Å². The predicted octanol–water partition coefficient (Wildman–Crippen LogP) is 1.93. The van der Waals surface area contributed by atoms with E-state index in [1.54, 1.807) is 11.4 Å². The molecular formula is C15H14FN5O3S2. The molecular weight excluding hydrogens is 381 g/mol. The second-order valence-electron chi connectivity index (χ2n) is 5.46. The van der Waals surface area contributed by atoms with Crippen LogP contribution in [0.4, 0.5) is 20.6 Å². The van der Waals surface area contributed by atoms with Gasteiger partial charge in [0.15, 0.2) is 0 Å². The van der Waals surface area contributed by atoms with Gasteiger partial charge in [-0.05, 0) is 29.7 Å². The number of nitrogens with one attached hydrogen (secondary N) is 2. The molecule has 1 saturated heterocycles. The average molecular weight is 395 g/mol. The Morgan fingerprint density at radius 2 is 2.35 bits per heavy atom. The SMILES string of the molecule is CC(=O)NC[C@H]1CN(c2ccc(NC(=S)c3csnn3)c(F)c2)C(=O)O1. The van der Waals surface area contributed by atoms with E-state index in [1.165, 1.54) is 24.0 Å². The summed E-state index contributed by atoms with van der Waals surface area (Å²) in [5.41, 5.74) is 0.969. The lowest BCUT2D eigenvalue weighted by molar-refractivity contribution is -0.119. The first kappa shape index (κ1) is 18.1. The van der Waals surface area contributed by atoms with E-state index in [4.69, 9.17) is 17.0 Å². The molecule has 0 radical (unpaired) electrons. The molecule has 136 valence electrons. The molecule has 1 aromatic carbocycles. The van der Waals surface area contributed by atoms with Crippen LogP contribution < -0.4 is 15.5 Å². The van der Waals surface area contributed by atoms with Crippen LogP contribution in [0, 0.1) is 5.82 Å². The molecule has 1 aliphatic heterocycles. The second-order valence-corrected chi connectivity index (χ2v) is 6.48. The minimum Gasteiger partial charge on any atom is -0.442 e. The Labute approximate surface area is 157 Å². The summed E-state index contributed by atoms with van der Waals surface area (Å²) in [6.07, 6.45) is -1.08. The minimum atomic E-state index is -0.593. The van der Waals surface area contributed by atoms with Crippen LogP contribution in [0.5, 0.6) is 0 Å². The zero-order valence-electron chi connectivity index (χ0n) is 13.6. The van der Waals surface area contributed by atoms with E-state index in [-0.39, 0.29) is 29.7 Å². The molecule has 11 heteroatoms. The standard InChI is InChI=1S/C15H14FN5O3S2/c1-8(22)17-5-10-6-21(15(23)24-10)9-2-3-12(11(16)4-9)18-14(25)13-7-26-20-19-13/h2-4,7,10H,5-6H2,1H3,(H,17,22)(H,18,25)/t10-/m0/s1. The van der Waals surface area contributed by atoms with E-state index >= 15 is 0 Å². The lowest BCUT2D eigenvalue weighted by atomic mass is 10.2. The number of amides is 2. The van der Waals surface area contributed by atoms with E-state index in [0.29, 0.717) is 11.4 Å². The average Bonchev–Trinajstić information content (AvgIpc) is 3.24. The van der Waals surface area contributed by atoms with Gasteiger partial charge in [0.05, 0.1) is 24.5 Å². The lowest BCUT2D eigenvalue weighted by Gasteiger charge is -2.15. The van der Waals surface area contributed by atoms with Gasteiger partial charge in [0, 0.05) is 12.3 Å². The highest BCUT2D eigenvalue weighted by atomic mass is 32.1. The topological polar surface area (TPSA) is 96.5 Å². The molecule has 2 amide bonds. The third-order valence-corrected chi connectivity index (χ3v) is 4.37. The Kier molecular flexibility index (Phi) is 5.38. The summed E-state index contributed by atoms with van der Waals surface area (Å²) in [4.78, 5) is 24.5. The smallest absolute Gasteiger partial charge is 0.414 e. The minimum absolute atomic E-state index is 0.161. The Bertz CT molecular complexity index is 846. The van der Waals surface area contributed by atoms with Crippen molar-refractivity contribution in [3.63, 3.8) is 0 Å². The van der Waals surface area contributed by atoms with Crippen LogP contribution in [0.1, 0.15) is 12.6 Å². The summed E-state index contributed by atoms with van der Waals surface area (Å²) in [6.45, 7) is 1.80. The third kappa shape index (κ3) is 4.11. The van der Waals surface area contributed by atoms with E-state index in [0.717, 1.165) is 11.5 Å². The Morgan fingerprint density at radius 1 is 1.54 bits per heavy atom. The zero-order chi connectivity index (χ0) is 18.7. The number of carbonyl (C=O) groups excluding carboxylic acids is 2. The number of cyclic esters (lactones) is 1. The van der Waals surface area contributed by atoms with E-state index in [9.17, 15) is 14.0 Å². The molecule has 3 rings (SSSR count). The zero-order valence-corrected chi connectivity index (χ0v) is 15.2. The number of halogens is 1. The summed E-state index contributed by atoms with van der Waals surface area (Å²) >= 11 is 6.29. The van der Waals surface area contributed by atoms with Gasteiger partial charge in [-0.25, -0.2) is 9.18 Å². The third-order valence-electron chi connectivity index (χ3n) is 3.56. The number of thiocarbonyl (C=S) groups is 1. The maximum atomic E-state index is 14.4. The molecule has 0 saturated carbocycles. The van der Waals surface area contributed by atoms with Crippen molar-refractivity contribution in [3.05, 3.63) is 35.1 Å². The summed E-state index contributed by atoms with van der Waals surface area (Å²) in [5, 5.41) is 10.8. The van der Waals surface area contributed by atoms with Crippen molar-refractivity contribution in [1.29, 1.82) is 0 Å². The molecule has 1 fully saturated rings. The van der Waals surface area contributed by atoms with Gasteiger partial charge in [0.25, 0.3) is 0 Å². The normalized spacial score (nSPS) is 16.3. The number of aromatic nitrogens is 2.